The minimum Gasteiger partial charge on any atom is -0.415 e. The summed E-state index contributed by atoms with van der Waals surface area (Å²) in [5.41, 5.74) is -1.21. The van der Waals surface area contributed by atoms with Crippen molar-refractivity contribution in [2.24, 2.45) is 0 Å². The van der Waals surface area contributed by atoms with Gasteiger partial charge in [0.1, 0.15) is 5.82 Å². The molecule has 0 radical (unpaired) electrons. The largest absolute Gasteiger partial charge is 0.415 e. The second-order valence-corrected chi connectivity index (χ2v) is 9.66. The first-order chi connectivity index (χ1) is 18.3. The molecular weight excluding hydrogens is 504 g/mol. The molecule has 202 valence electrons. The van der Waals surface area contributed by atoms with E-state index >= 15 is 4.39 Å². The fourth-order valence-electron chi connectivity index (χ4n) is 4.92. The molecule has 2 atom stereocenters. The summed E-state index contributed by atoms with van der Waals surface area (Å²) in [7, 11) is 0. The highest BCUT2D eigenvalue weighted by Crippen LogP contribution is 2.41. The molecule has 3 aromatic rings. The summed E-state index contributed by atoms with van der Waals surface area (Å²) in [6.45, 7) is 3.40. The van der Waals surface area contributed by atoms with Crippen molar-refractivity contribution in [1.82, 2.24) is 25.4 Å². The Balaban J connectivity index is 1.40. The molecule has 1 N–H and O–H groups in total. The number of likely N-dealkylation sites (tertiary alicyclic amines) is 1. The van der Waals surface area contributed by atoms with E-state index in [0.717, 1.165) is 25.9 Å². The molecular formula is C26H28F4N6O2. The maximum atomic E-state index is 16.5. The Hall–Kier alpha value is -3.38. The van der Waals surface area contributed by atoms with Crippen LogP contribution < -0.4 is 10.2 Å². The molecule has 1 amide bonds. The third-order valence-corrected chi connectivity index (χ3v) is 7.14. The van der Waals surface area contributed by atoms with Gasteiger partial charge in [0.25, 0.3) is 11.8 Å². The van der Waals surface area contributed by atoms with Crippen molar-refractivity contribution >= 4 is 11.6 Å². The molecule has 5 rings (SSSR count). The van der Waals surface area contributed by atoms with Gasteiger partial charge in [-0.15, -0.1) is 10.2 Å². The summed E-state index contributed by atoms with van der Waals surface area (Å²) < 4.78 is 61.1. The average Bonchev–Trinajstić information content (AvgIpc) is 3.37. The van der Waals surface area contributed by atoms with E-state index in [1.807, 2.05) is 6.92 Å². The Morgan fingerprint density at radius 1 is 1.26 bits per heavy atom. The lowest BCUT2D eigenvalue weighted by Crippen LogP contribution is -2.78. The Labute approximate surface area is 217 Å². The van der Waals surface area contributed by atoms with E-state index in [4.69, 9.17) is 4.42 Å². The molecule has 12 heteroatoms. The number of nitrogens with one attached hydrogen (secondary N) is 1. The molecule has 2 aromatic heterocycles. The summed E-state index contributed by atoms with van der Waals surface area (Å²) in [5.74, 6) is -2.22. The molecule has 8 nitrogen and oxygen atoms in total. The summed E-state index contributed by atoms with van der Waals surface area (Å²) in [4.78, 5) is 21.4. The van der Waals surface area contributed by atoms with Crippen molar-refractivity contribution in [2.75, 3.05) is 24.5 Å². The first-order valence-electron chi connectivity index (χ1n) is 12.6. The molecule has 2 aliphatic rings. The highest BCUT2D eigenvalue weighted by atomic mass is 19.3. The highest BCUT2D eigenvalue weighted by molar-refractivity contribution is 6.01. The van der Waals surface area contributed by atoms with Crippen molar-refractivity contribution in [3.05, 3.63) is 60.0 Å². The topological polar surface area (TPSA) is 87.4 Å². The molecule has 0 spiro atoms. The number of carbonyl (C=O) groups excluding carboxylic acids is 1. The summed E-state index contributed by atoms with van der Waals surface area (Å²) in [6, 6.07) is 8.17. The molecule has 2 aliphatic heterocycles. The minimum absolute atomic E-state index is 0.0195. The van der Waals surface area contributed by atoms with Gasteiger partial charge in [-0.2, -0.15) is 8.78 Å². The predicted octanol–water partition coefficient (Wildman–Crippen LogP) is 4.30. The lowest BCUT2D eigenvalue weighted by molar-refractivity contribution is -0.164. The van der Waals surface area contributed by atoms with Gasteiger partial charge in [0.15, 0.2) is 0 Å². The normalized spacial score (nSPS) is 21.8. The number of hydrogen-bond acceptors (Lipinski definition) is 7. The molecule has 0 saturated carbocycles. The second kappa shape index (κ2) is 10.8. The number of unbranched alkanes of at least 4 members (excludes halogenated alkanes) is 1. The van der Waals surface area contributed by atoms with Crippen LogP contribution in [0.4, 0.5) is 23.2 Å². The number of anilines is 1. The molecule has 2 unspecified atom stereocenters. The van der Waals surface area contributed by atoms with Crippen LogP contribution in [0.25, 0.3) is 11.5 Å². The lowest BCUT2D eigenvalue weighted by atomic mass is 9.78. The smallest absolute Gasteiger partial charge is 0.314 e. The zero-order valence-electron chi connectivity index (χ0n) is 20.8. The van der Waals surface area contributed by atoms with Crippen LogP contribution in [-0.2, 0) is 11.3 Å². The van der Waals surface area contributed by atoms with Crippen LogP contribution in [0.1, 0.15) is 44.2 Å². The zero-order chi connectivity index (χ0) is 26.9. The van der Waals surface area contributed by atoms with Crippen molar-refractivity contribution in [1.29, 1.82) is 0 Å². The molecule has 0 aliphatic carbocycles. The fraction of sp³-hybridized carbons (Fsp3) is 0.462. The predicted molar refractivity (Wildman–Crippen MR) is 131 cm³/mol. The number of halogens is 4. The van der Waals surface area contributed by atoms with E-state index in [1.54, 1.807) is 12.1 Å². The number of alkyl halides is 3. The van der Waals surface area contributed by atoms with Crippen LogP contribution >= 0.6 is 0 Å². The first-order valence-corrected chi connectivity index (χ1v) is 12.6. The third-order valence-electron chi connectivity index (χ3n) is 7.14. The maximum Gasteiger partial charge on any atom is 0.314 e. The summed E-state index contributed by atoms with van der Waals surface area (Å²) in [5, 5.41) is 10.1. The van der Waals surface area contributed by atoms with Gasteiger partial charge in [-0.1, -0.05) is 25.8 Å². The Morgan fingerprint density at radius 3 is 2.68 bits per heavy atom. The van der Waals surface area contributed by atoms with E-state index in [9.17, 15) is 18.0 Å². The molecule has 38 heavy (non-hydrogen) atoms. The van der Waals surface area contributed by atoms with Gasteiger partial charge >= 0.3 is 6.43 Å². The Morgan fingerprint density at radius 2 is 2.08 bits per heavy atom. The fourth-order valence-corrected chi connectivity index (χ4v) is 4.92. The van der Waals surface area contributed by atoms with Gasteiger partial charge in [-0.3, -0.25) is 14.7 Å². The number of hydrogen-bond donors (Lipinski definition) is 1. The van der Waals surface area contributed by atoms with Crippen LogP contribution in [0.2, 0.25) is 0 Å². The van der Waals surface area contributed by atoms with Crippen LogP contribution in [0.3, 0.4) is 0 Å². The van der Waals surface area contributed by atoms with E-state index < -0.39 is 35.8 Å². The maximum absolute atomic E-state index is 16.5. The molecule has 0 bridgehead atoms. The van der Waals surface area contributed by atoms with Gasteiger partial charge in [0, 0.05) is 37.6 Å². The number of benzene rings is 1. The number of pyridine rings is 1. The standard InChI is InChI=1S/C26H28F4N6O2/c1-2-3-7-21-26(30,15-36(21)20-12-31-13-20)25(37)35(19-6-4-5-17(27)10-19)14-18-9-8-16(11-32-18)23-33-34-24(38-23)22(28)29/h4-6,8-11,20-22,31H,2-3,7,12-15H2,1H3. The molecule has 1 aromatic carbocycles. The summed E-state index contributed by atoms with van der Waals surface area (Å²) >= 11 is 0. The van der Waals surface area contributed by atoms with Gasteiger partial charge in [0.2, 0.25) is 11.6 Å². The van der Waals surface area contributed by atoms with E-state index in [1.165, 1.54) is 35.4 Å². The van der Waals surface area contributed by atoms with Crippen LogP contribution in [-0.4, -0.2) is 63.4 Å². The SMILES string of the molecule is CCCCC1N(C2CNC2)CC1(F)C(=O)N(Cc1ccc(-c2nnc(C(F)F)o2)cn1)c1cccc(F)c1. The van der Waals surface area contributed by atoms with Crippen LogP contribution in [0.5, 0.6) is 0 Å². The van der Waals surface area contributed by atoms with Crippen molar-refractivity contribution in [2.45, 2.75) is 56.9 Å². The minimum atomic E-state index is -2.90. The number of rotatable bonds is 10. The molecule has 4 heterocycles. The van der Waals surface area contributed by atoms with Gasteiger partial charge < -0.3 is 14.6 Å². The number of aromatic nitrogens is 3. The van der Waals surface area contributed by atoms with Crippen LogP contribution in [0, 0.1) is 5.82 Å². The van der Waals surface area contributed by atoms with Crippen molar-refractivity contribution in [3.63, 3.8) is 0 Å². The van der Waals surface area contributed by atoms with E-state index in [-0.39, 0.29) is 30.7 Å². The number of amides is 1. The van der Waals surface area contributed by atoms with E-state index in [0.29, 0.717) is 17.7 Å². The van der Waals surface area contributed by atoms with Crippen LogP contribution in [0.15, 0.2) is 47.0 Å². The Bertz CT molecular complexity index is 1270. The van der Waals surface area contributed by atoms with E-state index in [2.05, 4.69) is 25.4 Å². The average molecular weight is 533 g/mol. The van der Waals surface area contributed by atoms with Gasteiger partial charge in [0.05, 0.1) is 23.8 Å². The second-order valence-electron chi connectivity index (χ2n) is 9.66. The van der Waals surface area contributed by atoms with Gasteiger partial charge in [-0.25, -0.2) is 8.78 Å². The first kappa shape index (κ1) is 26.2. The zero-order valence-corrected chi connectivity index (χ0v) is 20.8. The van der Waals surface area contributed by atoms with Gasteiger partial charge in [-0.05, 0) is 36.8 Å². The number of nitrogens with zero attached hydrogens (tertiary/aromatic N) is 5. The third kappa shape index (κ3) is 5.02. The Kier molecular flexibility index (Phi) is 7.44. The molecule has 2 saturated heterocycles. The summed E-state index contributed by atoms with van der Waals surface area (Å²) in [6.07, 6.45) is 0.652. The lowest BCUT2D eigenvalue weighted by Gasteiger charge is -2.57. The quantitative estimate of drug-likeness (QED) is 0.390. The number of carbonyl (C=O) groups is 1. The van der Waals surface area contributed by atoms with Crippen molar-refractivity contribution in [3.8, 4) is 11.5 Å². The van der Waals surface area contributed by atoms with Crippen molar-refractivity contribution < 1.29 is 26.8 Å². The highest BCUT2D eigenvalue weighted by Gasteiger charge is 2.61. The molecule has 2 fully saturated rings. The monoisotopic (exact) mass is 532 g/mol.